The SMILES string of the molecule is CCN(CC(C)(C)CN)S(=O)(=O)CC1CC1. The van der Waals surface area contributed by atoms with Crippen LogP contribution in [0.4, 0.5) is 0 Å². The molecule has 0 aromatic heterocycles. The maximum atomic E-state index is 12.1. The predicted octanol–water partition coefficient (Wildman–Crippen LogP) is 1.03. The molecule has 1 aliphatic carbocycles. The van der Waals surface area contributed by atoms with E-state index in [0.29, 0.717) is 31.3 Å². The van der Waals surface area contributed by atoms with Crippen molar-refractivity contribution in [2.24, 2.45) is 17.1 Å². The van der Waals surface area contributed by atoms with E-state index >= 15 is 0 Å². The lowest BCUT2D eigenvalue weighted by atomic mass is 9.94. The van der Waals surface area contributed by atoms with E-state index in [1.165, 1.54) is 0 Å². The van der Waals surface area contributed by atoms with Crippen LogP contribution in [-0.2, 0) is 10.0 Å². The number of sulfonamides is 1. The Kier molecular flexibility index (Phi) is 4.37. The quantitative estimate of drug-likeness (QED) is 0.732. The van der Waals surface area contributed by atoms with Crippen molar-refractivity contribution in [2.45, 2.75) is 33.6 Å². The molecule has 1 saturated carbocycles. The fourth-order valence-electron chi connectivity index (χ4n) is 1.64. The second kappa shape index (κ2) is 5.02. The molecule has 0 unspecified atom stereocenters. The van der Waals surface area contributed by atoms with Crippen LogP contribution in [0.2, 0.25) is 0 Å². The molecule has 0 heterocycles. The maximum Gasteiger partial charge on any atom is 0.214 e. The minimum Gasteiger partial charge on any atom is -0.330 e. The van der Waals surface area contributed by atoms with Crippen molar-refractivity contribution in [2.75, 3.05) is 25.4 Å². The number of nitrogens with zero attached hydrogens (tertiary/aromatic N) is 1. The van der Waals surface area contributed by atoms with E-state index in [9.17, 15) is 8.42 Å². The molecule has 0 aromatic carbocycles. The zero-order chi connectivity index (χ0) is 12.4. The van der Waals surface area contributed by atoms with Crippen LogP contribution in [-0.4, -0.2) is 38.1 Å². The average Bonchev–Trinajstić information content (AvgIpc) is 2.97. The largest absolute Gasteiger partial charge is 0.330 e. The van der Waals surface area contributed by atoms with Crippen molar-refractivity contribution >= 4 is 10.0 Å². The third-order valence-corrected chi connectivity index (χ3v) is 5.11. The van der Waals surface area contributed by atoms with Crippen LogP contribution < -0.4 is 5.73 Å². The topological polar surface area (TPSA) is 63.4 Å². The molecular formula is C11H24N2O2S. The van der Waals surface area contributed by atoms with Gasteiger partial charge in [-0.25, -0.2) is 12.7 Å². The van der Waals surface area contributed by atoms with E-state index in [0.717, 1.165) is 12.8 Å². The maximum absolute atomic E-state index is 12.1. The molecule has 0 atom stereocenters. The lowest BCUT2D eigenvalue weighted by molar-refractivity contribution is 0.272. The molecule has 0 amide bonds. The molecule has 1 aliphatic rings. The van der Waals surface area contributed by atoms with E-state index in [2.05, 4.69) is 0 Å². The van der Waals surface area contributed by atoms with Gasteiger partial charge in [-0.05, 0) is 30.7 Å². The summed E-state index contributed by atoms with van der Waals surface area (Å²) in [6.45, 7) is 7.46. The average molecular weight is 248 g/mol. The van der Waals surface area contributed by atoms with Gasteiger partial charge in [0.15, 0.2) is 0 Å². The summed E-state index contributed by atoms with van der Waals surface area (Å²) >= 11 is 0. The van der Waals surface area contributed by atoms with Gasteiger partial charge >= 0.3 is 0 Å². The van der Waals surface area contributed by atoms with Crippen LogP contribution >= 0.6 is 0 Å². The van der Waals surface area contributed by atoms with Crippen molar-refractivity contribution in [1.82, 2.24) is 4.31 Å². The molecular weight excluding hydrogens is 224 g/mol. The molecule has 0 saturated heterocycles. The molecule has 5 heteroatoms. The first-order valence-electron chi connectivity index (χ1n) is 5.98. The highest BCUT2D eigenvalue weighted by Crippen LogP contribution is 2.31. The zero-order valence-corrected chi connectivity index (χ0v) is 11.4. The van der Waals surface area contributed by atoms with Gasteiger partial charge < -0.3 is 5.73 Å². The molecule has 0 radical (unpaired) electrons. The lowest BCUT2D eigenvalue weighted by Crippen LogP contribution is -2.43. The van der Waals surface area contributed by atoms with Crippen molar-refractivity contribution in [3.8, 4) is 0 Å². The van der Waals surface area contributed by atoms with Crippen LogP contribution in [0, 0.1) is 11.3 Å². The van der Waals surface area contributed by atoms with Gasteiger partial charge in [-0.2, -0.15) is 0 Å². The summed E-state index contributed by atoms with van der Waals surface area (Å²) in [6, 6.07) is 0. The number of rotatable bonds is 7. The molecule has 0 aliphatic heterocycles. The summed E-state index contributed by atoms with van der Waals surface area (Å²) in [6.07, 6.45) is 2.13. The minimum absolute atomic E-state index is 0.146. The summed E-state index contributed by atoms with van der Waals surface area (Å²) in [7, 11) is -3.07. The molecule has 0 spiro atoms. The third-order valence-electron chi connectivity index (χ3n) is 3.05. The van der Waals surface area contributed by atoms with Crippen LogP contribution in [0.3, 0.4) is 0 Å². The van der Waals surface area contributed by atoms with Gasteiger partial charge in [0.2, 0.25) is 10.0 Å². The predicted molar refractivity (Wildman–Crippen MR) is 66.6 cm³/mol. The van der Waals surface area contributed by atoms with E-state index in [1.54, 1.807) is 4.31 Å². The van der Waals surface area contributed by atoms with Crippen molar-refractivity contribution < 1.29 is 8.42 Å². The van der Waals surface area contributed by atoms with Crippen molar-refractivity contribution in [3.05, 3.63) is 0 Å². The smallest absolute Gasteiger partial charge is 0.214 e. The van der Waals surface area contributed by atoms with Crippen molar-refractivity contribution in [1.29, 1.82) is 0 Å². The summed E-state index contributed by atoms with van der Waals surface area (Å²) < 4.78 is 25.8. The van der Waals surface area contributed by atoms with E-state index in [-0.39, 0.29) is 5.41 Å². The molecule has 16 heavy (non-hydrogen) atoms. The Labute approximate surface area is 99.2 Å². The van der Waals surface area contributed by atoms with Crippen molar-refractivity contribution in [3.63, 3.8) is 0 Å². The highest BCUT2D eigenvalue weighted by Gasteiger charge is 2.33. The summed E-state index contributed by atoms with van der Waals surface area (Å²) in [5.41, 5.74) is 5.50. The number of hydrogen-bond donors (Lipinski definition) is 1. The molecule has 1 rings (SSSR count). The first kappa shape index (κ1) is 13.9. The minimum atomic E-state index is -3.07. The molecule has 0 aromatic rings. The fraction of sp³-hybridized carbons (Fsp3) is 1.00. The van der Waals surface area contributed by atoms with Gasteiger partial charge in [-0.3, -0.25) is 0 Å². The molecule has 96 valence electrons. The summed E-state index contributed by atoms with van der Waals surface area (Å²) in [5.74, 6) is 0.724. The standard InChI is InChI=1S/C11H24N2O2S/c1-4-13(9-11(2,3)8-12)16(14,15)7-10-5-6-10/h10H,4-9,12H2,1-3H3. The zero-order valence-electron chi connectivity index (χ0n) is 10.6. The summed E-state index contributed by atoms with van der Waals surface area (Å²) in [4.78, 5) is 0. The number of nitrogens with two attached hydrogens (primary N) is 1. The number of hydrogen-bond acceptors (Lipinski definition) is 3. The second-order valence-electron chi connectivity index (χ2n) is 5.52. The Morgan fingerprint density at radius 1 is 1.38 bits per heavy atom. The highest BCUT2D eigenvalue weighted by atomic mass is 32.2. The van der Waals surface area contributed by atoms with Crippen LogP contribution in [0.5, 0.6) is 0 Å². The Bertz CT molecular complexity index is 321. The Hall–Kier alpha value is -0.130. The van der Waals surface area contributed by atoms with Gasteiger partial charge in [-0.15, -0.1) is 0 Å². The van der Waals surface area contributed by atoms with Gasteiger partial charge in [0, 0.05) is 13.1 Å². The van der Waals surface area contributed by atoms with Gasteiger partial charge in [-0.1, -0.05) is 20.8 Å². The first-order chi connectivity index (χ1) is 7.30. The normalized spacial score (nSPS) is 18.1. The van der Waals surface area contributed by atoms with E-state index in [4.69, 9.17) is 5.73 Å². The van der Waals surface area contributed by atoms with Crippen LogP contribution in [0.25, 0.3) is 0 Å². The van der Waals surface area contributed by atoms with Gasteiger partial charge in [0.1, 0.15) is 0 Å². The molecule has 1 fully saturated rings. The van der Waals surface area contributed by atoms with Crippen LogP contribution in [0.1, 0.15) is 33.6 Å². The van der Waals surface area contributed by atoms with Gasteiger partial charge in [0.25, 0.3) is 0 Å². The summed E-state index contributed by atoms with van der Waals surface area (Å²) in [5, 5.41) is 0. The lowest BCUT2D eigenvalue weighted by Gasteiger charge is -2.30. The molecule has 2 N–H and O–H groups in total. The van der Waals surface area contributed by atoms with E-state index < -0.39 is 10.0 Å². The molecule has 4 nitrogen and oxygen atoms in total. The van der Waals surface area contributed by atoms with Crippen LogP contribution in [0.15, 0.2) is 0 Å². The first-order valence-corrected chi connectivity index (χ1v) is 7.59. The Morgan fingerprint density at radius 2 is 1.94 bits per heavy atom. The Morgan fingerprint density at radius 3 is 2.31 bits per heavy atom. The monoisotopic (exact) mass is 248 g/mol. The second-order valence-corrected chi connectivity index (χ2v) is 7.53. The van der Waals surface area contributed by atoms with Gasteiger partial charge in [0.05, 0.1) is 5.75 Å². The fourth-order valence-corrected chi connectivity index (χ4v) is 3.72. The molecule has 0 bridgehead atoms. The van der Waals surface area contributed by atoms with E-state index in [1.807, 2.05) is 20.8 Å². The highest BCUT2D eigenvalue weighted by molar-refractivity contribution is 7.89. The Balaban J connectivity index is 2.65. The third kappa shape index (κ3) is 4.03.